The lowest BCUT2D eigenvalue weighted by molar-refractivity contribution is 0.443. The van der Waals surface area contributed by atoms with Crippen LogP contribution >= 0.6 is 27.5 Å². The van der Waals surface area contributed by atoms with E-state index in [4.69, 9.17) is 16.1 Å². The summed E-state index contributed by atoms with van der Waals surface area (Å²) in [5, 5.41) is 9.57. The number of allylic oxidation sites excluding steroid dienone is 4. The van der Waals surface area contributed by atoms with Gasteiger partial charge in [0.1, 0.15) is 11.1 Å². The molecule has 0 aromatic carbocycles. The molecule has 0 unspecified atom stereocenters. The van der Waals surface area contributed by atoms with Crippen LogP contribution in [-0.2, 0) is 0 Å². The molecular formula is C14H11BrClN3O2. The average molecular weight is 369 g/mol. The Balaban J connectivity index is 1.97. The first kappa shape index (κ1) is 13.3. The SMILES string of the molecule is C[C@H]1C(Cl)=CC=C1n1nc(Br)c2onc(C3CC3)c2c1=O. The zero-order valence-electron chi connectivity index (χ0n) is 11.1. The second-order valence-electron chi connectivity index (χ2n) is 5.42. The number of aromatic nitrogens is 3. The van der Waals surface area contributed by atoms with E-state index in [1.807, 2.05) is 13.0 Å². The molecule has 5 nitrogen and oxygen atoms in total. The van der Waals surface area contributed by atoms with Crippen LogP contribution in [0.3, 0.4) is 0 Å². The zero-order valence-corrected chi connectivity index (χ0v) is 13.5. The van der Waals surface area contributed by atoms with Crippen LogP contribution in [0.5, 0.6) is 0 Å². The topological polar surface area (TPSA) is 60.9 Å². The maximum atomic E-state index is 12.8. The average Bonchev–Trinajstić information content (AvgIpc) is 3.12. The Kier molecular flexibility index (Phi) is 2.87. The van der Waals surface area contributed by atoms with E-state index < -0.39 is 0 Å². The van der Waals surface area contributed by atoms with Crippen molar-refractivity contribution >= 4 is 44.2 Å². The summed E-state index contributed by atoms with van der Waals surface area (Å²) in [6, 6.07) is 0. The molecule has 1 saturated carbocycles. The van der Waals surface area contributed by atoms with Gasteiger partial charge in [-0.3, -0.25) is 4.79 Å². The Bertz CT molecular complexity index is 876. The summed E-state index contributed by atoms with van der Waals surface area (Å²) in [7, 11) is 0. The van der Waals surface area contributed by atoms with Gasteiger partial charge in [0.05, 0.1) is 5.70 Å². The minimum atomic E-state index is -0.200. The number of hydrogen-bond donors (Lipinski definition) is 0. The Morgan fingerprint density at radius 2 is 2.19 bits per heavy atom. The smallest absolute Gasteiger partial charge is 0.284 e. The summed E-state index contributed by atoms with van der Waals surface area (Å²) in [4.78, 5) is 12.8. The second-order valence-corrected chi connectivity index (χ2v) is 6.61. The Labute approximate surface area is 133 Å². The van der Waals surface area contributed by atoms with Gasteiger partial charge in [-0.1, -0.05) is 23.7 Å². The first-order valence-corrected chi connectivity index (χ1v) is 7.90. The summed E-state index contributed by atoms with van der Waals surface area (Å²) < 4.78 is 7.17. The van der Waals surface area contributed by atoms with E-state index in [-0.39, 0.29) is 11.5 Å². The highest BCUT2D eigenvalue weighted by molar-refractivity contribution is 9.10. The van der Waals surface area contributed by atoms with Crippen LogP contribution in [0, 0.1) is 5.92 Å². The van der Waals surface area contributed by atoms with E-state index in [1.54, 1.807) is 6.08 Å². The van der Waals surface area contributed by atoms with Crippen LogP contribution in [0.15, 0.2) is 31.1 Å². The van der Waals surface area contributed by atoms with Crippen LogP contribution in [0.2, 0.25) is 0 Å². The van der Waals surface area contributed by atoms with Gasteiger partial charge in [0, 0.05) is 16.9 Å². The lowest BCUT2D eigenvalue weighted by Crippen LogP contribution is -2.24. The first-order chi connectivity index (χ1) is 10.1. The molecule has 0 saturated heterocycles. The van der Waals surface area contributed by atoms with Gasteiger partial charge in [0.15, 0.2) is 4.60 Å². The molecule has 1 fully saturated rings. The molecule has 1 atom stereocenters. The highest BCUT2D eigenvalue weighted by atomic mass is 79.9. The number of fused-ring (bicyclic) bond motifs is 1. The molecule has 7 heteroatoms. The monoisotopic (exact) mass is 367 g/mol. The van der Waals surface area contributed by atoms with E-state index in [0.29, 0.717) is 26.5 Å². The third kappa shape index (κ3) is 1.92. The summed E-state index contributed by atoms with van der Waals surface area (Å²) >= 11 is 9.48. The van der Waals surface area contributed by atoms with E-state index >= 15 is 0 Å². The van der Waals surface area contributed by atoms with E-state index in [9.17, 15) is 4.79 Å². The van der Waals surface area contributed by atoms with Gasteiger partial charge in [-0.2, -0.15) is 9.78 Å². The highest BCUT2D eigenvalue weighted by Gasteiger charge is 2.32. The molecule has 2 aliphatic carbocycles. The van der Waals surface area contributed by atoms with Crippen LogP contribution in [-0.4, -0.2) is 14.9 Å². The fourth-order valence-electron chi connectivity index (χ4n) is 2.59. The van der Waals surface area contributed by atoms with E-state index in [1.165, 1.54) is 4.68 Å². The van der Waals surface area contributed by atoms with Gasteiger partial charge in [-0.15, -0.1) is 0 Å². The van der Waals surface area contributed by atoms with Crippen molar-refractivity contribution < 1.29 is 4.52 Å². The van der Waals surface area contributed by atoms with Crippen molar-refractivity contribution in [3.8, 4) is 0 Å². The molecule has 0 spiro atoms. The van der Waals surface area contributed by atoms with Gasteiger partial charge in [-0.25, -0.2) is 0 Å². The van der Waals surface area contributed by atoms with Gasteiger partial charge >= 0.3 is 0 Å². The molecule has 2 aromatic heterocycles. The quantitative estimate of drug-likeness (QED) is 0.812. The number of hydrogen-bond acceptors (Lipinski definition) is 4. The normalized spacial score (nSPS) is 21.8. The fraction of sp³-hybridized carbons (Fsp3) is 0.357. The Morgan fingerprint density at radius 1 is 1.43 bits per heavy atom. The third-order valence-corrected chi connectivity index (χ3v) is 4.95. The molecule has 0 radical (unpaired) electrons. The van der Waals surface area contributed by atoms with Crippen molar-refractivity contribution in [1.29, 1.82) is 0 Å². The molecule has 0 N–H and O–H groups in total. The fourth-order valence-corrected chi connectivity index (χ4v) is 3.20. The predicted molar refractivity (Wildman–Crippen MR) is 83.1 cm³/mol. The van der Waals surface area contributed by atoms with Crippen molar-refractivity contribution in [1.82, 2.24) is 14.9 Å². The standard InChI is InChI=1S/C14H11BrClN3O2/c1-6-8(16)4-5-9(6)19-14(20)10-11(7-2-3-7)18-21-12(10)13(15)17-19/h4-7H,2-3H2,1H3/t6-/m0/s1. The lowest BCUT2D eigenvalue weighted by Gasteiger charge is -2.12. The minimum Gasteiger partial charge on any atom is -0.353 e. The molecule has 2 aromatic rings. The van der Waals surface area contributed by atoms with Crippen molar-refractivity contribution in [2.24, 2.45) is 5.92 Å². The summed E-state index contributed by atoms with van der Waals surface area (Å²) in [5.41, 5.74) is 1.73. The maximum absolute atomic E-state index is 12.8. The molecule has 21 heavy (non-hydrogen) atoms. The first-order valence-electron chi connectivity index (χ1n) is 6.73. The molecular weight excluding hydrogens is 358 g/mol. The van der Waals surface area contributed by atoms with Crippen molar-refractivity contribution in [3.63, 3.8) is 0 Å². The summed E-state index contributed by atoms with van der Waals surface area (Å²) in [6.45, 7) is 1.94. The predicted octanol–water partition coefficient (Wildman–Crippen LogP) is 3.64. The molecule has 0 bridgehead atoms. The zero-order chi connectivity index (χ0) is 14.7. The van der Waals surface area contributed by atoms with Crippen molar-refractivity contribution in [2.45, 2.75) is 25.7 Å². The summed E-state index contributed by atoms with van der Waals surface area (Å²) in [6.07, 6.45) is 5.72. The number of halogens is 2. The van der Waals surface area contributed by atoms with Gasteiger partial charge < -0.3 is 4.52 Å². The largest absolute Gasteiger partial charge is 0.353 e. The minimum absolute atomic E-state index is 0.0505. The molecule has 2 aliphatic rings. The maximum Gasteiger partial charge on any atom is 0.284 e. The van der Waals surface area contributed by atoms with Crippen molar-refractivity contribution in [3.05, 3.63) is 37.8 Å². The Morgan fingerprint density at radius 3 is 2.81 bits per heavy atom. The molecule has 0 amide bonds. The van der Waals surface area contributed by atoms with Crippen molar-refractivity contribution in [2.75, 3.05) is 0 Å². The van der Waals surface area contributed by atoms with Gasteiger partial charge in [-0.05, 0) is 40.9 Å². The number of rotatable bonds is 2. The Hall–Kier alpha value is -1.40. The van der Waals surface area contributed by atoms with Gasteiger partial charge in [0.25, 0.3) is 5.56 Å². The van der Waals surface area contributed by atoms with Crippen LogP contribution < -0.4 is 5.56 Å². The van der Waals surface area contributed by atoms with Crippen LogP contribution in [0.25, 0.3) is 16.7 Å². The second kappa shape index (κ2) is 4.55. The highest BCUT2D eigenvalue weighted by Crippen LogP contribution is 2.42. The molecule has 2 heterocycles. The van der Waals surface area contributed by atoms with Gasteiger partial charge in [0.2, 0.25) is 5.58 Å². The van der Waals surface area contributed by atoms with Crippen LogP contribution in [0.1, 0.15) is 31.4 Å². The van der Waals surface area contributed by atoms with Crippen LogP contribution in [0.4, 0.5) is 0 Å². The molecule has 108 valence electrons. The molecule has 0 aliphatic heterocycles. The molecule has 4 rings (SSSR count). The van der Waals surface area contributed by atoms with E-state index in [2.05, 4.69) is 26.2 Å². The lowest BCUT2D eigenvalue weighted by atomic mass is 10.1. The third-order valence-electron chi connectivity index (χ3n) is 3.98. The summed E-state index contributed by atoms with van der Waals surface area (Å²) in [5.74, 6) is 0.281. The number of nitrogens with zero attached hydrogens (tertiary/aromatic N) is 3. The van der Waals surface area contributed by atoms with E-state index in [0.717, 1.165) is 24.2 Å².